The summed E-state index contributed by atoms with van der Waals surface area (Å²) in [6.07, 6.45) is 12.8. The van der Waals surface area contributed by atoms with Gasteiger partial charge in [0.25, 0.3) is 0 Å². The molecule has 2 aliphatic rings. The fraction of sp³-hybridized carbons (Fsp3) is 0.522. The Bertz CT molecular complexity index is 675. The van der Waals surface area contributed by atoms with Crippen LogP contribution in [0.2, 0.25) is 0 Å². The highest BCUT2D eigenvalue weighted by Gasteiger charge is 2.29. The van der Waals surface area contributed by atoms with E-state index in [9.17, 15) is 0 Å². The lowest BCUT2D eigenvalue weighted by atomic mass is 9.69. The number of hydrogen-bond acceptors (Lipinski definition) is 1. The van der Waals surface area contributed by atoms with E-state index in [1.165, 1.54) is 74.1 Å². The minimum absolute atomic E-state index is 0.985. The van der Waals surface area contributed by atoms with Gasteiger partial charge in [0.1, 0.15) is 5.75 Å². The van der Waals surface area contributed by atoms with Crippen LogP contribution >= 0.6 is 0 Å². The zero-order valence-electron chi connectivity index (χ0n) is 14.9. The summed E-state index contributed by atoms with van der Waals surface area (Å²) >= 11 is 0. The SMILES string of the molecule is COc1cccc2c([C]3CCC(C4CCCCC4)CC3)cccc12. The molecule has 2 saturated carbocycles. The molecule has 2 aromatic carbocycles. The molecule has 1 radical (unpaired) electrons. The van der Waals surface area contributed by atoms with Crippen LogP contribution in [0.5, 0.6) is 5.75 Å². The Labute approximate surface area is 146 Å². The second-order valence-electron chi connectivity index (χ2n) is 7.70. The summed E-state index contributed by atoms with van der Waals surface area (Å²) in [5.74, 6) is 4.67. The Morgan fingerprint density at radius 3 is 2.17 bits per heavy atom. The highest BCUT2D eigenvalue weighted by Crippen LogP contribution is 2.44. The lowest BCUT2D eigenvalue weighted by molar-refractivity contribution is 0.205. The van der Waals surface area contributed by atoms with Gasteiger partial charge in [-0.05, 0) is 54.5 Å². The van der Waals surface area contributed by atoms with Crippen molar-refractivity contribution in [2.75, 3.05) is 7.11 Å². The van der Waals surface area contributed by atoms with Crippen molar-refractivity contribution in [3.8, 4) is 5.75 Å². The Kier molecular flexibility index (Phi) is 4.78. The average Bonchev–Trinajstić information content (AvgIpc) is 2.68. The topological polar surface area (TPSA) is 9.23 Å². The number of ether oxygens (including phenoxy) is 1. The summed E-state index contributed by atoms with van der Waals surface area (Å²) < 4.78 is 5.56. The predicted molar refractivity (Wildman–Crippen MR) is 101 cm³/mol. The van der Waals surface area contributed by atoms with Gasteiger partial charge in [-0.2, -0.15) is 0 Å². The molecule has 0 amide bonds. The zero-order chi connectivity index (χ0) is 16.4. The van der Waals surface area contributed by atoms with Gasteiger partial charge in [-0.25, -0.2) is 0 Å². The first kappa shape index (κ1) is 16.0. The summed E-state index contributed by atoms with van der Waals surface area (Å²) in [5, 5.41) is 2.61. The van der Waals surface area contributed by atoms with Crippen LogP contribution in [0, 0.1) is 17.8 Å². The van der Waals surface area contributed by atoms with Crippen molar-refractivity contribution < 1.29 is 4.74 Å². The monoisotopic (exact) mass is 321 g/mol. The van der Waals surface area contributed by atoms with Gasteiger partial charge in [-0.1, -0.05) is 62.4 Å². The summed E-state index contributed by atoms with van der Waals surface area (Å²) in [7, 11) is 1.77. The van der Waals surface area contributed by atoms with Crippen LogP contribution in [0.25, 0.3) is 10.8 Å². The molecule has 24 heavy (non-hydrogen) atoms. The van der Waals surface area contributed by atoms with Crippen LogP contribution in [-0.2, 0) is 0 Å². The molecule has 2 aliphatic carbocycles. The second kappa shape index (κ2) is 7.17. The van der Waals surface area contributed by atoms with Gasteiger partial charge in [0.15, 0.2) is 0 Å². The predicted octanol–water partition coefficient (Wildman–Crippen LogP) is 6.54. The molecule has 1 heteroatoms. The summed E-state index contributed by atoms with van der Waals surface area (Å²) in [6, 6.07) is 13.1. The first-order valence-corrected chi connectivity index (χ1v) is 9.77. The highest BCUT2D eigenvalue weighted by molar-refractivity contribution is 5.92. The van der Waals surface area contributed by atoms with Crippen molar-refractivity contribution in [1.29, 1.82) is 0 Å². The molecule has 2 fully saturated rings. The molecule has 0 aromatic heterocycles. The highest BCUT2D eigenvalue weighted by atomic mass is 16.5. The number of methoxy groups -OCH3 is 1. The van der Waals surface area contributed by atoms with Crippen LogP contribution < -0.4 is 4.74 Å². The molecule has 0 bridgehead atoms. The molecule has 2 aromatic rings. The van der Waals surface area contributed by atoms with Gasteiger partial charge in [0.2, 0.25) is 0 Å². The van der Waals surface area contributed by atoms with Crippen LogP contribution in [0.15, 0.2) is 36.4 Å². The number of benzene rings is 2. The van der Waals surface area contributed by atoms with Gasteiger partial charge in [-0.15, -0.1) is 0 Å². The van der Waals surface area contributed by atoms with Crippen LogP contribution in [0.3, 0.4) is 0 Å². The molecule has 0 N–H and O–H groups in total. The molecular formula is C23H29O. The van der Waals surface area contributed by atoms with E-state index in [1.54, 1.807) is 13.0 Å². The van der Waals surface area contributed by atoms with E-state index in [1.807, 2.05) is 0 Å². The summed E-state index contributed by atoms with van der Waals surface area (Å²) in [4.78, 5) is 0. The summed E-state index contributed by atoms with van der Waals surface area (Å²) in [6.45, 7) is 0. The van der Waals surface area contributed by atoms with Gasteiger partial charge in [0, 0.05) is 11.3 Å². The largest absolute Gasteiger partial charge is 0.496 e. The van der Waals surface area contributed by atoms with Crippen molar-refractivity contribution in [1.82, 2.24) is 0 Å². The lowest BCUT2D eigenvalue weighted by Crippen LogP contribution is -2.23. The molecule has 0 atom stereocenters. The molecule has 1 nitrogen and oxygen atoms in total. The van der Waals surface area contributed by atoms with E-state index in [0.29, 0.717) is 0 Å². The molecule has 0 saturated heterocycles. The van der Waals surface area contributed by atoms with Crippen molar-refractivity contribution in [3.63, 3.8) is 0 Å². The fourth-order valence-corrected chi connectivity index (χ4v) is 5.10. The number of rotatable bonds is 3. The van der Waals surface area contributed by atoms with Gasteiger partial charge < -0.3 is 4.74 Å². The third kappa shape index (κ3) is 3.06. The maximum absolute atomic E-state index is 5.56. The fourth-order valence-electron chi connectivity index (χ4n) is 5.10. The molecule has 0 unspecified atom stereocenters. The Morgan fingerprint density at radius 1 is 0.750 bits per heavy atom. The van der Waals surface area contributed by atoms with Gasteiger partial charge in [0.05, 0.1) is 7.11 Å². The average molecular weight is 321 g/mol. The molecule has 4 rings (SSSR count). The van der Waals surface area contributed by atoms with Crippen LogP contribution in [-0.4, -0.2) is 7.11 Å². The normalized spacial score (nSPS) is 21.2. The minimum atomic E-state index is 0.985. The van der Waals surface area contributed by atoms with E-state index >= 15 is 0 Å². The molecule has 127 valence electrons. The minimum Gasteiger partial charge on any atom is -0.496 e. The van der Waals surface area contributed by atoms with E-state index in [2.05, 4.69) is 36.4 Å². The standard InChI is InChI=1S/C23H29O/c1-24-23-12-6-10-21-20(9-5-11-22(21)23)19-15-13-18(14-16-19)17-7-3-2-4-8-17/h5-6,9-12,17-18H,2-4,7-8,13-16H2,1H3. The number of hydrogen-bond donors (Lipinski definition) is 0. The third-order valence-electron chi connectivity index (χ3n) is 6.43. The molecule has 0 spiro atoms. The molecular weight excluding hydrogens is 292 g/mol. The summed E-state index contributed by atoms with van der Waals surface area (Å²) in [5.41, 5.74) is 1.47. The van der Waals surface area contributed by atoms with E-state index < -0.39 is 0 Å². The van der Waals surface area contributed by atoms with Crippen LogP contribution in [0.1, 0.15) is 63.4 Å². The lowest BCUT2D eigenvalue weighted by Gasteiger charge is -2.36. The quantitative estimate of drug-likeness (QED) is 0.623. The first-order valence-electron chi connectivity index (χ1n) is 9.77. The van der Waals surface area contributed by atoms with Crippen LogP contribution in [0.4, 0.5) is 0 Å². The van der Waals surface area contributed by atoms with Gasteiger partial charge >= 0.3 is 0 Å². The Balaban J connectivity index is 1.52. The van der Waals surface area contributed by atoms with Crippen molar-refractivity contribution in [2.45, 2.75) is 57.8 Å². The molecule has 0 heterocycles. The Hall–Kier alpha value is -1.50. The van der Waals surface area contributed by atoms with E-state index in [-0.39, 0.29) is 0 Å². The Morgan fingerprint density at radius 2 is 1.42 bits per heavy atom. The number of fused-ring (bicyclic) bond motifs is 1. The van der Waals surface area contributed by atoms with Crippen molar-refractivity contribution in [3.05, 3.63) is 47.9 Å². The van der Waals surface area contributed by atoms with E-state index in [4.69, 9.17) is 4.74 Å². The van der Waals surface area contributed by atoms with Gasteiger partial charge in [-0.3, -0.25) is 0 Å². The van der Waals surface area contributed by atoms with Crippen molar-refractivity contribution >= 4 is 10.8 Å². The van der Waals surface area contributed by atoms with Crippen molar-refractivity contribution in [2.24, 2.45) is 11.8 Å². The van der Waals surface area contributed by atoms with E-state index in [0.717, 1.165) is 17.6 Å². The zero-order valence-corrected chi connectivity index (χ0v) is 14.9. The second-order valence-corrected chi connectivity index (χ2v) is 7.70. The molecule has 0 aliphatic heterocycles. The first-order chi connectivity index (χ1) is 11.9. The smallest absolute Gasteiger partial charge is 0.126 e. The third-order valence-corrected chi connectivity index (χ3v) is 6.43. The maximum Gasteiger partial charge on any atom is 0.126 e. The maximum atomic E-state index is 5.56.